The van der Waals surface area contributed by atoms with Crippen LogP contribution in [0.5, 0.6) is 5.75 Å². The first-order chi connectivity index (χ1) is 69.3. The number of carboxylic acid groups (broad SMARTS) is 2. The number of hydrogen-bond donors (Lipinski definition) is 21. The highest BCUT2D eigenvalue weighted by atomic mass is 32.2. The maximum Gasteiger partial charge on any atom is 0.305 e. The zero-order valence-electron chi connectivity index (χ0n) is 82.1. The number of imidazole rings is 1. The highest BCUT2D eigenvalue weighted by molar-refractivity contribution is 8.00. The summed E-state index contributed by atoms with van der Waals surface area (Å²) in [6.07, 6.45) is 7.56. The van der Waals surface area contributed by atoms with Crippen molar-refractivity contribution in [3.63, 3.8) is 0 Å². The number of fused-ring (bicyclic) bond motifs is 4. The number of aliphatic hydroxyl groups is 1. The molecule has 0 saturated carbocycles. The maximum atomic E-state index is 16.0. The Hall–Kier alpha value is -14.5. The van der Waals surface area contributed by atoms with Gasteiger partial charge in [-0.3, -0.25) is 91.1 Å². The van der Waals surface area contributed by atoms with Gasteiger partial charge in [-0.1, -0.05) is 88.1 Å². The summed E-state index contributed by atoms with van der Waals surface area (Å²) in [6.45, 7) is 3.52. The van der Waals surface area contributed by atoms with Gasteiger partial charge < -0.3 is 136 Å². The van der Waals surface area contributed by atoms with E-state index in [1.165, 1.54) is 57.8 Å². The van der Waals surface area contributed by atoms with E-state index >= 15 is 43.2 Å². The van der Waals surface area contributed by atoms with Gasteiger partial charge in [-0.2, -0.15) is 0 Å². The Morgan fingerprint density at radius 2 is 1.07 bits per heavy atom. The first kappa shape index (κ1) is 114. The van der Waals surface area contributed by atoms with Crippen molar-refractivity contribution < 1.29 is 112 Å². The third-order valence-corrected chi connectivity index (χ3v) is 27.0. The lowest BCUT2D eigenvalue weighted by Gasteiger charge is -2.36. The number of amides is 17. The fraction of sp³-hybridized carbons (Fsp3) is 0.531. The summed E-state index contributed by atoms with van der Waals surface area (Å²) < 4.78 is 0. The van der Waals surface area contributed by atoms with E-state index in [1.54, 1.807) is 67.8 Å². The van der Waals surface area contributed by atoms with Gasteiger partial charge in [0.1, 0.15) is 96.4 Å². The highest BCUT2D eigenvalue weighted by Gasteiger charge is 2.47. The molecule has 0 bridgehead atoms. The van der Waals surface area contributed by atoms with Crippen LogP contribution in [0.1, 0.15) is 165 Å². The lowest BCUT2D eigenvalue weighted by atomic mass is 9.99. The molecule has 3 aliphatic rings. The highest BCUT2D eigenvalue weighted by Crippen LogP contribution is 2.29. The Balaban J connectivity index is 1.13. The number of aliphatic carboxylic acids is 2. The molecule has 3 aliphatic heterocycles. The summed E-state index contributed by atoms with van der Waals surface area (Å²) in [5, 5.41) is 72.4. The van der Waals surface area contributed by atoms with Crippen molar-refractivity contribution in [1.29, 1.82) is 0 Å². The number of thioether (sulfide) groups is 1. The summed E-state index contributed by atoms with van der Waals surface area (Å²) in [7, 11) is 3.79. The van der Waals surface area contributed by atoms with Crippen LogP contribution in [0.3, 0.4) is 0 Å². The van der Waals surface area contributed by atoms with Crippen molar-refractivity contribution in [2.75, 3.05) is 65.4 Å². The smallest absolute Gasteiger partial charge is 0.305 e. The summed E-state index contributed by atoms with van der Waals surface area (Å²) in [6, 6.07) is -4.49. The molecule has 16 atom stereocenters. The molecule has 47 heteroatoms. The normalized spacial score (nSPS) is 24.0. The fourth-order valence-corrected chi connectivity index (χ4v) is 18.6. The molecular formula is C98H135N23O23S. The summed E-state index contributed by atoms with van der Waals surface area (Å²) in [4.78, 5) is 298. The first-order valence-corrected chi connectivity index (χ1v) is 49.8. The van der Waals surface area contributed by atoms with E-state index in [0.717, 1.165) is 31.5 Å². The van der Waals surface area contributed by atoms with E-state index in [0.29, 0.717) is 82.4 Å². The van der Waals surface area contributed by atoms with Crippen LogP contribution >= 0.6 is 11.8 Å². The molecule has 6 heterocycles. The van der Waals surface area contributed by atoms with Crippen molar-refractivity contribution in [2.45, 2.75) is 265 Å². The van der Waals surface area contributed by atoms with Crippen LogP contribution in [0.2, 0.25) is 0 Å². The molecule has 6 aromatic rings. The molecule has 0 aliphatic carbocycles. The summed E-state index contributed by atoms with van der Waals surface area (Å²) >= 11 is 0.657. The Morgan fingerprint density at radius 1 is 0.545 bits per heavy atom. The SMILES string of the molecule is C#CC[C@H](NC(=O)CNC(=O)[C@@H]1CSCC(=O)N[C@@H](Cc2ccc(O)cc2)C(=O)N(C)[C@@H](C)C(=O)N[C@@H](CC(=O)O)C(=O)N2CCC[C@H]2C(=O)N[C@@H](Cc2c[nH]cn2)C(=O)N[C@@H](CCCCN)C(=O)N2C[C@H](O)C[C@H]2C(=O)N[C@@H](Cc2c[nH]c3ccccc23)C(=O)N[C@@H](CCCCN)C(=O)N[C@@H](Cc2c[nH]c3ccccc23)C(=O)N(C)[C@@H](CCCC)C(=O)N(C)[C@@H](CCCC)C(=O)N[C@@H](CCC(=O)O)C(=O)N1)C(N)=O. The monoisotopic (exact) mass is 2030 g/mol. The molecule has 3 aromatic carbocycles. The van der Waals surface area contributed by atoms with Gasteiger partial charge in [0.15, 0.2) is 0 Å². The Kier molecular flexibility index (Phi) is 44.0. The molecule has 0 unspecified atom stereocenters. The van der Waals surface area contributed by atoms with Crippen LogP contribution < -0.4 is 75.7 Å². The van der Waals surface area contributed by atoms with E-state index in [4.69, 9.17) is 23.6 Å². The van der Waals surface area contributed by atoms with Crippen molar-refractivity contribution in [3.8, 4) is 18.1 Å². The number of benzene rings is 3. The lowest BCUT2D eigenvalue weighted by Crippen LogP contribution is -2.61. The average Bonchev–Trinajstić information content (AvgIpc) is 1.72. The zero-order chi connectivity index (χ0) is 106. The second-order valence-corrected chi connectivity index (χ2v) is 37.6. The van der Waals surface area contributed by atoms with Crippen LogP contribution in [0.15, 0.2) is 97.7 Å². The second-order valence-electron chi connectivity index (χ2n) is 36.6. The molecule has 145 heavy (non-hydrogen) atoms. The number of aromatic hydroxyl groups is 1. The number of primary amides is 1. The maximum absolute atomic E-state index is 16.0. The van der Waals surface area contributed by atoms with Crippen LogP contribution in [0.4, 0.5) is 0 Å². The first-order valence-electron chi connectivity index (χ1n) is 48.7. The molecule has 0 radical (unpaired) electrons. The molecule has 17 amide bonds. The molecule has 46 nitrogen and oxygen atoms in total. The zero-order valence-corrected chi connectivity index (χ0v) is 83.0. The van der Waals surface area contributed by atoms with Crippen molar-refractivity contribution in [1.82, 2.24) is 103 Å². The number of terminal acetylenes is 1. The standard InChI is InChI=1S/C98H135N23O23S/c1-8-11-29-76-91(137)110-68(36-37-82(126)127)88(134)116-75(86(132)105-50-80(124)107-66(22-10-3)84(101)130)52-145-53-81(125)108-72(41-56-32-34-60(122)35-33-56)94(140)117(5)55(4)85(131)114-74(46-83(128)129)97(143)120-40-21-31-77(120)92(138)113-71(44-59-49-102-54-106-59)90(136)111-69(28-18-20-39-100)96(142)121-51-61(123)45-79(121)93(139)112-70(42-57-47-103-64-25-15-13-23-62(57)64)89(135)109-67(27-17-19-38-99)87(133)115-73(43-58-48-104-65-26-16-14-24-63(58)65)95(141)119(7)78(30-12-9-2)98(144)118(76)6/h3,13-16,23-26,32-35,47-49,54-55,61,66-79,103-104,122-123H,8-9,11-12,17-22,27-31,36-46,50-53,99-100H2,1-2,4-7H3,(H2,101,130)(H,102,106)(H,105,132)(H,107,124)(H,108,125)(H,109,135)(H,110,137)(H,111,136)(H,112,139)(H,113,138)(H,114,131)(H,115,133)(H,116,134)(H,126,127)(H,128,129)/t55-,61+,66-,67-,68-,69-,70-,71-,72-,73-,74-,75-,76-,77-,78-,79-/m0/s1. The van der Waals surface area contributed by atoms with Gasteiger partial charge in [-0.25, -0.2) is 4.98 Å². The van der Waals surface area contributed by atoms with Gasteiger partial charge in [0.2, 0.25) is 100 Å². The van der Waals surface area contributed by atoms with E-state index in [9.17, 15) is 68.4 Å². The molecular weight excluding hydrogens is 1900 g/mol. The van der Waals surface area contributed by atoms with Gasteiger partial charge in [0.25, 0.3) is 0 Å². The van der Waals surface area contributed by atoms with Crippen LogP contribution in [-0.4, -0.2) is 339 Å². The number of rotatable bonds is 33. The fourth-order valence-electron chi connectivity index (χ4n) is 17.7. The Labute approximate surface area is 842 Å². The Morgan fingerprint density at radius 3 is 1.66 bits per heavy atom. The molecule has 24 N–H and O–H groups in total. The number of aromatic nitrogens is 4. The van der Waals surface area contributed by atoms with E-state index < -0.39 is 259 Å². The van der Waals surface area contributed by atoms with Gasteiger partial charge >= 0.3 is 11.9 Å². The topological polar surface area (TPSA) is 692 Å². The number of carboxylic acids is 2. The average molecular weight is 2040 g/mol. The van der Waals surface area contributed by atoms with Crippen molar-refractivity contribution in [3.05, 3.63) is 120 Å². The number of H-pyrrole nitrogens is 3. The number of hydrogen-bond acceptors (Lipinski definition) is 25. The molecule has 9 rings (SSSR count). The number of nitrogens with zero attached hydrogens (tertiary/aromatic N) is 6. The van der Waals surface area contributed by atoms with Crippen molar-refractivity contribution >= 4 is 146 Å². The quantitative estimate of drug-likeness (QED) is 0.0156. The predicted molar refractivity (Wildman–Crippen MR) is 531 cm³/mol. The number of para-hydroxylation sites is 2. The molecule has 786 valence electrons. The van der Waals surface area contributed by atoms with E-state index in [1.807, 2.05) is 6.92 Å². The van der Waals surface area contributed by atoms with Gasteiger partial charge in [-0.15, -0.1) is 24.1 Å². The third-order valence-electron chi connectivity index (χ3n) is 25.9. The number of aliphatic hydroxyl groups excluding tert-OH is 1. The van der Waals surface area contributed by atoms with E-state index in [-0.39, 0.29) is 121 Å². The largest absolute Gasteiger partial charge is 0.508 e. The van der Waals surface area contributed by atoms with Crippen molar-refractivity contribution in [2.24, 2.45) is 17.2 Å². The van der Waals surface area contributed by atoms with Crippen LogP contribution in [0, 0.1) is 12.3 Å². The number of nitrogens with two attached hydrogens (primary N) is 3. The third kappa shape index (κ3) is 32.7. The number of carbonyl (C=O) groups is 19. The number of carbonyl (C=O) groups excluding carboxylic acids is 17. The molecule has 3 aromatic heterocycles. The van der Waals surface area contributed by atoms with Crippen LogP contribution in [0.25, 0.3) is 21.8 Å². The Bertz CT molecular complexity index is 5600. The lowest BCUT2D eigenvalue weighted by molar-refractivity contribution is -0.149. The van der Waals surface area contributed by atoms with E-state index in [2.05, 4.69) is 84.3 Å². The summed E-state index contributed by atoms with van der Waals surface area (Å²) in [5.41, 5.74) is 20.4. The minimum atomic E-state index is -1.95. The number of phenols is 1. The number of aromatic amines is 3. The molecule has 0 spiro atoms. The van der Waals surface area contributed by atoms with Gasteiger partial charge in [0.05, 0.1) is 36.8 Å². The molecule has 3 fully saturated rings. The van der Waals surface area contributed by atoms with Gasteiger partial charge in [0, 0.05) is 125 Å². The molecule has 3 saturated heterocycles. The number of likely N-dealkylation sites (N-methyl/N-ethyl adjacent to an activating group) is 3. The number of unbranched alkanes of at least 4 members (excludes halogenated alkanes) is 4. The minimum Gasteiger partial charge on any atom is -0.508 e. The minimum absolute atomic E-state index is 0.0466. The number of phenolic OH excluding ortho intramolecular Hbond substituents is 1. The second kappa shape index (κ2) is 55.9. The van der Waals surface area contributed by atoms with Gasteiger partial charge in [-0.05, 0) is 132 Å². The summed E-state index contributed by atoms with van der Waals surface area (Å²) in [5.74, 6) is -19.1. The van der Waals surface area contributed by atoms with Crippen LogP contribution in [-0.2, 0) is 117 Å². The predicted octanol–water partition coefficient (Wildman–Crippen LogP) is -2.00. The number of nitrogens with one attached hydrogen (secondary N) is 14.